The monoisotopic (exact) mass is 351 g/mol. The van der Waals surface area contributed by atoms with Crippen LogP contribution in [-0.2, 0) is 0 Å². The Labute approximate surface area is 156 Å². The summed E-state index contributed by atoms with van der Waals surface area (Å²) >= 11 is 1.90. The molecule has 2 aromatic carbocycles. The Morgan fingerprint density at radius 3 is 2.28 bits per heavy atom. The third-order valence-corrected chi connectivity index (χ3v) is 5.38. The van der Waals surface area contributed by atoms with Crippen molar-refractivity contribution >= 4 is 31.5 Å². The fraction of sp³-hybridized carbons (Fsp3) is 0.304. The molecular formula is C23H29NS. The maximum Gasteiger partial charge on any atom is 0.0735 e. The summed E-state index contributed by atoms with van der Waals surface area (Å²) in [6.45, 7) is 10.1. The lowest BCUT2D eigenvalue weighted by molar-refractivity contribution is 0.388. The Hall–Kier alpha value is -2.06. The van der Waals surface area contributed by atoms with Gasteiger partial charge < -0.3 is 4.90 Å². The van der Waals surface area contributed by atoms with Crippen LogP contribution in [0.4, 0.5) is 0 Å². The average molecular weight is 352 g/mol. The van der Waals surface area contributed by atoms with E-state index >= 15 is 0 Å². The lowest BCUT2D eigenvalue weighted by atomic mass is 9.99. The van der Waals surface area contributed by atoms with Crippen LogP contribution in [-0.4, -0.2) is 11.9 Å². The van der Waals surface area contributed by atoms with Gasteiger partial charge in [0.25, 0.3) is 0 Å². The molecule has 1 aliphatic rings. The SMILES string of the molecule is CC.CC.CC1=CN(C)C(c2cccc3c2sc2ccccc23)C=C1. The summed E-state index contributed by atoms with van der Waals surface area (Å²) < 4.78 is 2.78. The van der Waals surface area contributed by atoms with E-state index in [0.29, 0.717) is 6.04 Å². The molecule has 1 aromatic heterocycles. The second-order valence-electron chi connectivity index (χ2n) is 5.66. The van der Waals surface area contributed by atoms with Crippen LogP contribution in [0, 0.1) is 0 Å². The van der Waals surface area contributed by atoms with Crippen molar-refractivity contribution in [1.29, 1.82) is 0 Å². The summed E-state index contributed by atoms with van der Waals surface area (Å²) in [5.41, 5.74) is 2.70. The summed E-state index contributed by atoms with van der Waals surface area (Å²) in [7, 11) is 2.16. The van der Waals surface area contributed by atoms with E-state index in [0.717, 1.165) is 0 Å². The number of likely N-dealkylation sites (N-methyl/N-ethyl adjacent to an activating group) is 1. The maximum absolute atomic E-state index is 2.30. The molecule has 4 rings (SSSR count). The number of benzene rings is 2. The number of nitrogens with zero attached hydrogens (tertiary/aromatic N) is 1. The van der Waals surface area contributed by atoms with E-state index in [-0.39, 0.29) is 0 Å². The highest BCUT2D eigenvalue weighted by atomic mass is 32.1. The molecule has 0 amide bonds. The fourth-order valence-corrected chi connectivity index (χ4v) is 4.40. The van der Waals surface area contributed by atoms with E-state index in [9.17, 15) is 0 Å². The molecule has 0 fully saturated rings. The van der Waals surface area contributed by atoms with Crippen molar-refractivity contribution in [3.05, 3.63) is 72.0 Å². The average Bonchev–Trinajstić information content (AvgIpc) is 3.04. The van der Waals surface area contributed by atoms with Gasteiger partial charge in [-0.2, -0.15) is 0 Å². The number of allylic oxidation sites excluding steroid dienone is 2. The van der Waals surface area contributed by atoms with E-state index in [2.05, 4.69) is 79.7 Å². The van der Waals surface area contributed by atoms with Crippen LogP contribution in [0.2, 0.25) is 0 Å². The summed E-state index contributed by atoms with van der Waals surface area (Å²) in [6.07, 6.45) is 6.74. The molecule has 0 radical (unpaired) electrons. The quantitative estimate of drug-likeness (QED) is 0.437. The zero-order chi connectivity index (χ0) is 18.4. The first-order valence-corrected chi connectivity index (χ1v) is 10.0. The van der Waals surface area contributed by atoms with Crippen LogP contribution in [0.25, 0.3) is 20.2 Å². The van der Waals surface area contributed by atoms with Crippen molar-refractivity contribution in [1.82, 2.24) is 4.90 Å². The van der Waals surface area contributed by atoms with Crippen molar-refractivity contribution in [2.24, 2.45) is 0 Å². The van der Waals surface area contributed by atoms with Gasteiger partial charge in [-0.1, -0.05) is 76.2 Å². The molecule has 0 saturated heterocycles. The number of hydrogen-bond acceptors (Lipinski definition) is 2. The minimum Gasteiger partial charge on any atom is -0.370 e. The van der Waals surface area contributed by atoms with E-state index in [1.165, 1.54) is 31.3 Å². The summed E-state index contributed by atoms with van der Waals surface area (Å²) in [6, 6.07) is 15.7. The molecule has 25 heavy (non-hydrogen) atoms. The molecule has 0 N–H and O–H groups in total. The van der Waals surface area contributed by atoms with Crippen molar-refractivity contribution in [3.8, 4) is 0 Å². The summed E-state index contributed by atoms with van der Waals surface area (Å²) in [4.78, 5) is 2.30. The molecule has 1 atom stereocenters. The summed E-state index contributed by atoms with van der Waals surface area (Å²) in [5, 5.41) is 2.75. The molecule has 3 aromatic rings. The molecular weight excluding hydrogens is 322 g/mol. The van der Waals surface area contributed by atoms with Gasteiger partial charge in [0.05, 0.1) is 6.04 Å². The smallest absolute Gasteiger partial charge is 0.0735 e. The highest BCUT2D eigenvalue weighted by molar-refractivity contribution is 7.26. The number of thiophene rings is 1. The minimum atomic E-state index is 0.325. The Balaban J connectivity index is 0.000000528. The van der Waals surface area contributed by atoms with Crippen LogP contribution >= 0.6 is 11.3 Å². The number of fused-ring (bicyclic) bond motifs is 3. The molecule has 2 heterocycles. The van der Waals surface area contributed by atoms with Crippen LogP contribution in [0.5, 0.6) is 0 Å². The van der Waals surface area contributed by atoms with Gasteiger partial charge >= 0.3 is 0 Å². The van der Waals surface area contributed by atoms with Crippen LogP contribution in [0.3, 0.4) is 0 Å². The van der Waals surface area contributed by atoms with Gasteiger partial charge in [-0.05, 0) is 24.1 Å². The lowest BCUT2D eigenvalue weighted by Crippen LogP contribution is -2.19. The Kier molecular flexibility index (Phi) is 6.83. The molecule has 132 valence electrons. The third-order valence-electron chi connectivity index (χ3n) is 4.14. The molecule has 1 nitrogen and oxygen atoms in total. The molecule has 1 unspecified atom stereocenters. The molecule has 0 spiro atoms. The molecule has 2 heteroatoms. The highest BCUT2D eigenvalue weighted by Gasteiger charge is 2.19. The molecule has 0 aliphatic carbocycles. The minimum absolute atomic E-state index is 0.325. The van der Waals surface area contributed by atoms with Crippen molar-refractivity contribution in [2.45, 2.75) is 40.7 Å². The van der Waals surface area contributed by atoms with E-state index in [1.807, 2.05) is 39.0 Å². The Morgan fingerprint density at radius 1 is 0.880 bits per heavy atom. The third kappa shape index (κ3) is 3.80. The second kappa shape index (κ2) is 8.87. The van der Waals surface area contributed by atoms with Crippen molar-refractivity contribution < 1.29 is 0 Å². The number of hydrogen-bond donors (Lipinski definition) is 0. The zero-order valence-electron chi connectivity index (χ0n) is 16.2. The fourth-order valence-electron chi connectivity index (χ4n) is 3.15. The van der Waals surface area contributed by atoms with Gasteiger partial charge in [-0.3, -0.25) is 0 Å². The zero-order valence-corrected chi connectivity index (χ0v) is 17.0. The van der Waals surface area contributed by atoms with Gasteiger partial charge in [0.1, 0.15) is 0 Å². The Morgan fingerprint density at radius 2 is 1.56 bits per heavy atom. The molecule has 1 aliphatic heterocycles. The standard InChI is InChI=1S/C19H17NS.2C2H6/c1-13-10-11-17(20(2)12-13)16-8-5-7-15-14-6-3-4-9-18(14)21-19(15)16;2*1-2/h3-12,17H,1-2H3;2*1-2H3. The highest BCUT2D eigenvalue weighted by Crippen LogP contribution is 2.39. The predicted octanol–water partition coefficient (Wildman–Crippen LogP) is 7.55. The first-order chi connectivity index (χ1) is 12.2. The van der Waals surface area contributed by atoms with Gasteiger partial charge in [0.15, 0.2) is 0 Å². The molecule has 0 bridgehead atoms. The topological polar surface area (TPSA) is 3.24 Å². The van der Waals surface area contributed by atoms with Gasteiger partial charge in [-0.15, -0.1) is 11.3 Å². The first-order valence-electron chi connectivity index (χ1n) is 9.23. The lowest BCUT2D eigenvalue weighted by Gasteiger charge is -2.28. The van der Waals surface area contributed by atoms with Gasteiger partial charge in [0.2, 0.25) is 0 Å². The van der Waals surface area contributed by atoms with Gasteiger partial charge in [0, 0.05) is 33.4 Å². The van der Waals surface area contributed by atoms with E-state index in [1.54, 1.807) is 0 Å². The predicted molar refractivity (Wildman–Crippen MR) is 115 cm³/mol. The van der Waals surface area contributed by atoms with Crippen LogP contribution in [0.15, 0.2) is 66.4 Å². The summed E-state index contributed by atoms with van der Waals surface area (Å²) in [5.74, 6) is 0. The largest absolute Gasteiger partial charge is 0.370 e. The number of rotatable bonds is 1. The Bertz CT molecular complexity index is 885. The van der Waals surface area contributed by atoms with Crippen molar-refractivity contribution in [2.75, 3.05) is 7.05 Å². The first kappa shape index (κ1) is 19.3. The second-order valence-corrected chi connectivity index (χ2v) is 6.72. The maximum atomic E-state index is 2.30. The van der Waals surface area contributed by atoms with Crippen LogP contribution < -0.4 is 0 Å². The normalized spacial score (nSPS) is 16.0. The van der Waals surface area contributed by atoms with Gasteiger partial charge in [-0.25, -0.2) is 0 Å². The van der Waals surface area contributed by atoms with Crippen molar-refractivity contribution in [3.63, 3.8) is 0 Å². The molecule has 0 saturated carbocycles. The van der Waals surface area contributed by atoms with Crippen LogP contribution in [0.1, 0.15) is 46.2 Å². The van der Waals surface area contributed by atoms with E-state index < -0.39 is 0 Å². The van der Waals surface area contributed by atoms with E-state index in [4.69, 9.17) is 0 Å².